The number of halogens is 1. The average molecular weight is 521 g/mol. The summed E-state index contributed by atoms with van der Waals surface area (Å²) in [5.41, 5.74) is 3.61. The van der Waals surface area contributed by atoms with Crippen molar-refractivity contribution in [2.24, 2.45) is 7.05 Å². The first-order chi connectivity index (χ1) is 17.7. The molecule has 0 unspecified atom stereocenters. The van der Waals surface area contributed by atoms with E-state index in [1.165, 1.54) is 6.07 Å². The number of cyclic esters (lactones) is 1. The Kier molecular flexibility index (Phi) is 6.43. The number of pyridine rings is 3. The lowest BCUT2D eigenvalue weighted by Gasteiger charge is -2.23. The lowest BCUT2D eigenvalue weighted by molar-refractivity contribution is 0.0691. The third-order valence-electron chi connectivity index (χ3n) is 6.34. The van der Waals surface area contributed by atoms with Gasteiger partial charge >= 0.3 is 12.1 Å². The summed E-state index contributed by atoms with van der Waals surface area (Å²) in [5, 5.41) is 13.8. The number of aromatic nitrogens is 4. The minimum Gasteiger partial charge on any atom is -0.476 e. The fraction of sp³-hybridized carbons (Fsp3) is 0.269. The van der Waals surface area contributed by atoms with Gasteiger partial charge in [-0.25, -0.2) is 24.5 Å². The molecule has 0 bridgehead atoms. The SMILES string of the molecule is Cc1cc([C@@H](C)Nc2ccc(Cl)nc2C(=O)O)nc(N2C(=O)OC[C@@H]2Cc2cn(C)c3ncccc23)c1. The molecular weight excluding hydrogens is 496 g/mol. The van der Waals surface area contributed by atoms with Crippen LogP contribution in [0.25, 0.3) is 11.0 Å². The monoisotopic (exact) mass is 520 g/mol. The highest BCUT2D eigenvalue weighted by molar-refractivity contribution is 6.29. The van der Waals surface area contributed by atoms with Gasteiger partial charge in [-0.1, -0.05) is 11.6 Å². The first-order valence-corrected chi connectivity index (χ1v) is 12.1. The largest absolute Gasteiger partial charge is 0.476 e. The smallest absolute Gasteiger partial charge is 0.415 e. The van der Waals surface area contributed by atoms with Crippen molar-refractivity contribution < 1.29 is 19.4 Å². The number of aromatic carboxylic acids is 1. The maximum Gasteiger partial charge on any atom is 0.415 e. The number of hydrogen-bond donors (Lipinski definition) is 2. The Morgan fingerprint density at radius 2 is 2.11 bits per heavy atom. The minimum atomic E-state index is -1.19. The van der Waals surface area contributed by atoms with E-state index in [9.17, 15) is 14.7 Å². The molecule has 1 aliphatic rings. The van der Waals surface area contributed by atoms with Crippen LogP contribution in [-0.4, -0.2) is 49.3 Å². The van der Waals surface area contributed by atoms with E-state index in [1.54, 1.807) is 17.2 Å². The number of nitrogens with zero attached hydrogens (tertiary/aromatic N) is 5. The molecule has 1 aliphatic heterocycles. The van der Waals surface area contributed by atoms with Crippen LogP contribution >= 0.6 is 11.6 Å². The lowest BCUT2D eigenvalue weighted by atomic mass is 10.1. The summed E-state index contributed by atoms with van der Waals surface area (Å²) in [6.45, 7) is 4.02. The fourth-order valence-electron chi connectivity index (χ4n) is 4.64. The van der Waals surface area contributed by atoms with E-state index in [2.05, 4.69) is 15.3 Å². The second-order valence-corrected chi connectivity index (χ2v) is 9.46. The zero-order valence-corrected chi connectivity index (χ0v) is 21.2. The summed E-state index contributed by atoms with van der Waals surface area (Å²) in [4.78, 5) is 39.2. The molecule has 1 saturated heterocycles. The molecule has 0 saturated carbocycles. The number of carbonyl (C=O) groups is 2. The molecule has 5 rings (SSSR count). The molecule has 10 nitrogen and oxygen atoms in total. The van der Waals surface area contributed by atoms with Crippen molar-refractivity contribution in [3.8, 4) is 0 Å². The Balaban J connectivity index is 1.44. The van der Waals surface area contributed by atoms with Crippen molar-refractivity contribution in [2.75, 3.05) is 16.8 Å². The number of nitrogens with one attached hydrogen (secondary N) is 1. The maximum absolute atomic E-state index is 12.8. The van der Waals surface area contributed by atoms with Crippen LogP contribution < -0.4 is 10.2 Å². The molecule has 0 aliphatic carbocycles. The Morgan fingerprint density at radius 3 is 2.89 bits per heavy atom. The summed E-state index contributed by atoms with van der Waals surface area (Å²) < 4.78 is 7.41. The fourth-order valence-corrected chi connectivity index (χ4v) is 4.79. The molecule has 11 heteroatoms. The molecule has 190 valence electrons. The number of carbonyl (C=O) groups excluding carboxylic acids is 1. The van der Waals surface area contributed by atoms with Crippen LogP contribution in [0.3, 0.4) is 0 Å². The zero-order valence-electron chi connectivity index (χ0n) is 20.5. The molecule has 2 N–H and O–H groups in total. The number of amides is 1. The quantitative estimate of drug-likeness (QED) is 0.334. The summed E-state index contributed by atoms with van der Waals surface area (Å²) in [6, 6.07) is 10.1. The van der Waals surface area contributed by atoms with Gasteiger partial charge in [0.25, 0.3) is 0 Å². The van der Waals surface area contributed by atoms with Gasteiger partial charge in [-0.3, -0.25) is 4.90 Å². The van der Waals surface area contributed by atoms with E-state index in [-0.39, 0.29) is 29.5 Å². The third kappa shape index (κ3) is 4.79. The first kappa shape index (κ1) is 24.5. The van der Waals surface area contributed by atoms with E-state index in [0.29, 0.717) is 23.6 Å². The van der Waals surface area contributed by atoms with Crippen LogP contribution in [0, 0.1) is 6.92 Å². The Labute approximate surface area is 217 Å². The highest BCUT2D eigenvalue weighted by atomic mass is 35.5. The Bertz CT molecular complexity index is 1520. The summed E-state index contributed by atoms with van der Waals surface area (Å²) in [6.07, 6.45) is 3.91. The molecule has 4 aromatic heterocycles. The number of anilines is 2. The second-order valence-electron chi connectivity index (χ2n) is 9.07. The molecule has 0 spiro atoms. The highest BCUT2D eigenvalue weighted by Crippen LogP contribution is 2.30. The van der Waals surface area contributed by atoms with Crippen LogP contribution in [0.15, 0.2) is 48.8 Å². The Morgan fingerprint density at radius 1 is 1.30 bits per heavy atom. The standard InChI is InChI=1S/C26H25ClN6O4/c1-14-9-20(15(2)29-19-6-7-21(27)31-23(19)25(34)35)30-22(10-14)33-17(13-37-26(33)36)11-16-12-32(3)24-18(16)5-4-8-28-24/h4-10,12,15,17,29H,11,13H2,1-3H3,(H,34,35)/t15-,17+/m1/s1. The summed E-state index contributed by atoms with van der Waals surface area (Å²) in [7, 11) is 1.95. The van der Waals surface area contributed by atoms with E-state index < -0.39 is 12.1 Å². The zero-order chi connectivity index (χ0) is 26.3. The maximum atomic E-state index is 12.8. The number of carboxylic acids is 1. The molecule has 0 aromatic carbocycles. The molecular formula is C26H25ClN6O4. The van der Waals surface area contributed by atoms with Gasteiger partial charge in [0.2, 0.25) is 0 Å². The number of carboxylic acid groups (broad SMARTS) is 1. The molecule has 37 heavy (non-hydrogen) atoms. The molecule has 4 aromatic rings. The second kappa shape index (κ2) is 9.70. The topological polar surface area (TPSA) is 122 Å². The molecule has 2 atom stereocenters. The predicted octanol–water partition coefficient (Wildman–Crippen LogP) is 4.76. The molecule has 1 fully saturated rings. The van der Waals surface area contributed by atoms with Crippen LogP contribution in [0.2, 0.25) is 5.15 Å². The average Bonchev–Trinajstić information content (AvgIpc) is 3.39. The van der Waals surface area contributed by atoms with E-state index >= 15 is 0 Å². The van der Waals surface area contributed by atoms with Crippen LogP contribution in [0.1, 0.15) is 40.3 Å². The number of aryl methyl sites for hydroxylation is 2. The van der Waals surface area contributed by atoms with E-state index in [4.69, 9.17) is 21.3 Å². The Hall–Kier alpha value is -4.18. The molecule has 1 amide bonds. The number of hydrogen-bond acceptors (Lipinski definition) is 7. The summed E-state index contributed by atoms with van der Waals surface area (Å²) >= 11 is 5.88. The normalized spacial score (nSPS) is 16.2. The van der Waals surface area contributed by atoms with Gasteiger partial charge < -0.3 is 19.7 Å². The van der Waals surface area contributed by atoms with Crippen LogP contribution in [-0.2, 0) is 18.2 Å². The van der Waals surface area contributed by atoms with Crippen molar-refractivity contribution in [2.45, 2.75) is 32.4 Å². The van der Waals surface area contributed by atoms with Crippen molar-refractivity contribution in [3.05, 3.63) is 76.5 Å². The van der Waals surface area contributed by atoms with Gasteiger partial charge in [-0.2, -0.15) is 0 Å². The lowest BCUT2D eigenvalue weighted by Crippen LogP contribution is -2.36. The van der Waals surface area contributed by atoms with Gasteiger partial charge in [-0.15, -0.1) is 0 Å². The van der Waals surface area contributed by atoms with Gasteiger partial charge in [0.05, 0.1) is 23.5 Å². The molecule has 5 heterocycles. The van der Waals surface area contributed by atoms with E-state index in [1.807, 2.05) is 55.9 Å². The number of ether oxygens (including phenoxy) is 1. The summed E-state index contributed by atoms with van der Waals surface area (Å²) in [5.74, 6) is -0.719. The number of fused-ring (bicyclic) bond motifs is 1. The van der Waals surface area contributed by atoms with Gasteiger partial charge in [0, 0.05) is 24.8 Å². The van der Waals surface area contributed by atoms with Crippen molar-refractivity contribution in [1.82, 2.24) is 19.5 Å². The van der Waals surface area contributed by atoms with Gasteiger partial charge in [0.1, 0.15) is 23.2 Å². The van der Waals surface area contributed by atoms with Crippen LogP contribution in [0.5, 0.6) is 0 Å². The van der Waals surface area contributed by atoms with Crippen molar-refractivity contribution in [1.29, 1.82) is 0 Å². The highest BCUT2D eigenvalue weighted by Gasteiger charge is 2.36. The van der Waals surface area contributed by atoms with E-state index in [0.717, 1.165) is 22.2 Å². The van der Waals surface area contributed by atoms with Crippen molar-refractivity contribution >= 4 is 46.2 Å². The molecule has 0 radical (unpaired) electrons. The predicted molar refractivity (Wildman–Crippen MR) is 139 cm³/mol. The van der Waals surface area contributed by atoms with Crippen molar-refractivity contribution in [3.63, 3.8) is 0 Å². The minimum absolute atomic E-state index is 0.0899. The van der Waals surface area contributed by atoms with Gasteiger partial charge in [0.15, 0.2) is 5.69 Å². The van der Waals surface area contributed by atoms with Gasteiger partial charge in [-0.05, 0) is 67.8 Å². The number of rotatable bonds is 7. The first-order valence-electron chi connectivity index (χ1n) is 11.7. The third-order valence-corrected chi connectivity index (χ3v) is 6.55. The van der Waals surface area contributed by atoms with Crippen LogP contribution in [0.4, 0.5) is 16.3 Å².